The van der Waals surface area contributed by atoms with Crippen molar-refractivity contribution >= 4 is 33.7 Å². The predicted octanol–water partition coefficient (Wildman–Crippen LogP) is 4.01. The Morgan fingerprint density at radius 2 is 1.71 bits per heavy atom. The van der Waals surface area contributed by atoms with Gasteiger partial charge in [0, 0.05) is 17.1 Å². The number of aryl methyl sites for hydroxylation is 1. The molecule has 0 spiro atoms. The summed E-state index contributed by atoms with van der Waals surface area (Å²) in [4.78, 5) is 12.7. The Kier molecular flexibility index (Phi) is 8.86. The molecule has 0 aliphatic rings. The molecule has 0 heterocycles. The maximum Gasteiger partial charge on any atom is 0.255 e. The van der Waals surface area contributed by atoms with Crippen molar-refractivity contribution in [3.05, 3.63) is 88.4 Å². The molecule has 0 atom stereocenters. The van der Waals surface area contributed by atoms with Crippen molar-refractivity contribution in [2.75, 3.05) is 20.8 Å². The Morgan fingerprint density at radius 3 is 2.34 bits per heavy atom. The summed E-state index contributed by atoms with van der Waals surface area (Å²) in [7, 11) is -0.976. The zero-order valence-electron chi connectivity index (χ0n) is 19.6. The Labute approximate surface area is 210 Å². The average Bonchev–Trinajstić information content (AvgIpc) is 2.85. The fourth-order valence-corrected chi connectivity index (χ4v) is 4.77. The van der Waals surface area contributed by atoms with Crippen molar-refractivity contribution in [1.82, 2.24) is 9.73 Å². The van der Waals surface area contributed by atoms with Gasteiger partial charge in [-0.1, -0.05) is 47.5 Å². The van der Waals surface area contributed by atoms with Crippen molar-refractivity contribution in [2.24, 2.45) is 5.10 Å². The third-order valence-corrected chi connectivity index (χ3v) is 7.14. The third kappa shape index (κ3) is 6.82. The van der Waals surface area contributed by atoms with Crippen LogP contribution in [0.25, 0.3) is 0 Å². The van der Waals surface area contributed by atoms with E-state index in [9.17, 15) is 13.2 Å². The molecular weight excluding hydrogens is 490 g/mol. The summed E-state index contributed by atoms with van der Waals surface area (Å²) >= 11 is 5.91. The van der Waals surface area contributed by atoms with Crippen LogP contribution in [-0.2, 0) is 21.4 Å². The molecule has 0 bridgehead atoms. The monoisotopic (exact) mass is 515 g/mol. The summed E-state index contributed by atoms with van der Waals surface area (Å²) in [5, 5.41) is 4.38. The van der Waals surface area contributed by atoms with Crippen LogP contribution in [-0.4, -0.2) is 45.6 Å². The van der Waals surface area contributed by atoms with E-state index < -0.39 is 22.5 Å². The second kappa shape index (κ2) is 11.8. The van der Waals surface area contributed by atoms with Crippen LogP contribution < -0.4 is 14.9 Å². The van der Waals surface area contributed by atoms with Gasteiger partial charge in [0.05, 0.1) is 31.9 Å². The molecule has 3 aromatic carbocycles. The highest BCUT2D eigenvalue weighted by Crippen LogP contribution is 2.29. The molecule has 1 N–H and O–H groups in total. The number of carbonyl (C=O) groups excluding carboxylic acids is 1. The van der Waals surface area contributed by atoms with Gasteiger partial charge in [-0.15, -0.1) is 0 Å². The smallest absolute Gasteiger partial charge is 0.255 e. The van der Waals surface area contributed by atoms with Crippen LogP contribution >= 0.6 is 11.6 Å². The van der Waals surface area contributed by atoms with Crippen LogP contribution in [0.5, 0.6) is 11.5 Å². The standard InChI is InChI=1S/C25H26ClN3O5S/c1-18-7-9-19(10-8-18)16-29(35(31,32)22-13-11-21(26)12-14-22)17-24(30)28-27-15-20-5-4-6-23(33-2)25(20)34-3/h4-15H,16-17H2,1-3H3,(H,28,30)/b27-15-. The van der Waals surface area contributed by atoms with E-state index in [4.69, 9.17) is 21.1 Å². The van der Waals surface area contributed by atoms with Gasteiger partial charge in [0.25, 0.3) is 5.91 Å². The molecule has 0 aliphatic carbocycles. The van der Waals surface area contributed by atoms with Crippen molar-refractivity contribution in [2.45, 2.75) is 18.4 Å². The van der Waals surface area contributed by atoms with Gasteiger partial charge in [-0.05, 0) is 48.9 Å². The largest absolute Gasteiger partial charge is 0.493 e. The number of hydrogen-bond donors (Lipinski definition) is 1. The lowest BCUT2D eigenvalue weighted by Gasteiger charge is -2.21. The number of nitrogens with zero attached hydrogens (tertiary/aromatic N) is 2. The summed E-state index contributed by atoms with van der Waals surface area (Å²) in [5.74, 6) is 0.369. The lowest BCUT2D eigenvalue weighted by atomic mass is 10.1. The van der Waals surface area contributed by atoms with Crippen LogP contribution in [0.2, 0.25) is 5.02 Å². The Hall–Kier alpha value is -3.40. The molecule has 184 valence electrons. The first-order chi connectivity index (χ1) is 16.7. The number of nitrogens with one attached hydrogen (secondary N) is 1. The number of benzene rings is 3. The van der Waals surface area contributed by atoms with E-state index in [-0.39, 0.29) is 11.4 Å². The summed E-state index contributed by atoms with van der Waals surface area (Å²) in [6, 6.07) is 18.4. The van der Waals surface area contributed by atoms with Gasteiger partial charge in [0.1, 0.15) is 0 Å². The number of hydrogen-bond acceptors (Lipinski definition) is 6. The summed E-state index contributed by atoms with van der Waals surface area (Å²) < 4.78 is 38.4. The van der Waals surface area contributed by atoms with E-state index in [1.807, 2.05) is 31.2 Å². The molecular formula is C25H26ClN3O5S. The highest BCUT2D eigenvalue weighted by atomic mass is 35.5. The van der Waals surface area contributed by atoms with E-state index in [0.717, 1.165) is 15.4 Å². The van der Waals surface area contributed by atoms with Gasteiger partial charge in [0.15, 0.2) is 11.5 Å². The molecule has 0 fully saturated rings. The highest BCUT2D eigenvalue weighted by molar-refractivity contribution is 7.89. The first kappa shape index (κ1) is 26.2. The number of amides is 1. The van der Waals surface area contributed by atoms with E-state index in [1.165, 1.54) is 44.7 Å². The van der Waals surface area contributed by atoms with Crippen molar-refractivity contribution < 1.29 is 22.7 Å². The summed E-state index contributed by atoms with van der Waals surface area (Å²) in [6.07, 6.45) is 1.40. The van der Waals surface area contributed by atoms with Gasteiger partial charge in [0.2, 0.25) is 10.0 Å². The van der Waals surface area contributed by atoms with Crippen molar-refractivity contribution in [3.63, 3.8) is 0 Å². The lowest BCUT2D eigenvalue weighted by Crippen LogP contribution is -2.39. The molecule has 0 radical (unpaired) electrons. The van der Waals surface area contributed by atoms with Crippen LogP contribution in [0.15, 0.2) is 76.7 Å². The minimum Gasteiger partial charge on any atom is -0.493 e. The van der Waals surface area contributed by atoms with Crippen LogP contribution in [0.3, 0.4) is 0 Å². The normalized spacial score (nSPS) is 11.6. The molecule has 0 saturated heterocycles. The number of methoxy groups -OCH3 is 2. The molecule has 0 saturated carbocycles. The van der Waals surface area contributed by atoms with E-state index in [0.29, 0.717) is 22.1 Å². The average molecular weight is 516 g/mol. The number of carbonyl (C=O) groups is 1. The van der Waals surface area contributed by atoms with Crippen LogP contribution in [0, 0.1) is 6.92 Å². The fraction of sp³-hybridized carbons (Fsp3) is 0.200. The fourth-order valence-electron chi connectivity index (χ4n) is 3.26. The summed E-state index contributed by atoms with van der Waals surface area (Å²) in [6.45, 7) is 1.51. The molecule has 3 rings (SSSR count). The number of halogens is 1. The third-order valence-electron chi connectivity index (χ3n) is 5.08. The Bertz CT molecular complexity index is 1290. The number of hydrazone groups is 1. The minimum atomic E-state index is -3.99. The van der Waals surface area contributed by atoms with Gasteiger partial charge >= 0.3 is 0 Å². The maximum absolute atomic E-state index is 13.3. The number of ether oxygens (including phenoxy) is 2. The highest BCUT2D eigenvalue weighted by Gasteiger charge is 2.27. The number of sulfonamides is 1. The molecule has 3 aromatic rings. The SMILES string of the molecule is COc1cccc(/C=N\NC(=O)CN(Cc2ccc(C)cc2)S(=O)(=O)c2ccc(Cl)cc2)c1OC. The zero-order chi connectivity index (χ0) is 25.4. The topological polar surface area (TPSA) is 97.3 Å². The van der Waals surface area contributed by atoms with Gasteiger partial charge in [-0.25, -0.2) is 13.8 Å². The molecule has 10 heteroatoms. The molecule has 1 amide bonds. The molecule has 0 aromatic heterocycles. The van der Waals surface area contributed by atoms with Crippen LogP contribution in [0.1, 0.15) is 16.7 Å². The Balaban J connectivity index is 1.80. The molecule has 0 unspecified atom stereocenters. The van der Waals surface area contributed by atoms with Crippen molar-refractivity contribution in [3.8, 4) is 11.5 Å². The van der Waals surface area contributed by atoms with Crippen molar-refractivity contribution in [1.29, 1.82) is 0 Å². The van der Waals surface area contributed by atoms with E-state index in [1.54, 1.807) is 18.2 Å². The first-order valence-corrected chi connectivity index (χ1v) is 12.4. The zero-order valence-corrected chi connectivity index (χ0v) is 21.1. The predicted molar refractivity (Wildman–Crippen MR) is 136 cm³/mol. The van der Waals surface area contributed by atoms with E-state index in [2.05, 4.69) is 10.5 Å². The first-order valence-electron chi connectivity index (χ1n) is 10.6. The second-order valence-corrected chi connectivity index (χ2v) is 9.96. The number of rotatable bonds is 10. The minimum absolute atomic E-state index is 0.00603. The Morgan fingerprint density at radius 1 is 1.03 bits per heavy atom. The second-order valence-electron chi connectivity index (χ2n) is 7.59. The van der Waals surface area contributed by atoms with Gasteiger partial charge in [-0.2, -0.15) is 9.41 Å². The quantitative estimate of drug-likeness (QED) is 0.325. The van der Waals surface area contributed by atoms with Crippen LogP contribution in [0.4, 0.5) is 0 Å². The van der Waals surface area contributed by atoms with E-state index >= 15 is 0 Å². The maximum atomic E-state index is 13.3. The number of para-hydroxylation sites is 1. The summed E-state index contributed by atoms with van der Waals surface area (Å²) in [5.41, 5.74) is 4.75. The molecule has 35 heavy (non-hydrogen) atoms. The van der Waals surface area contributed by atoms with Gasteiger partial charge in [-0.3, -0.25) is 4.79 Å². The van der Waals surface area contributed by atoms with Gasteiger partial charge < -0.3 is 9.47 Å². The molecule has 0 aliphatic heterocycles. The lowest BCUT2D eigenvalue weighted by molar-refractivity contribution is -0.121. The molecule has 8 nitrogen and oxygen atoms in total.